The van der Waals surface area contributed by atoms with Gasteiger partial charge in [0.05, 0.1) is 68.3 Å². The zero-order valence-corrected chi connectivity index (χ0v) is 76.2. The van der Waals surface area contributed by atoms with E-state index in [1.54, 1.807) is 0 Å². The molecule has 8 heteroatoms. The highest BCUT2D eigenvalue weighted by Gasteiger charge is 2.27. The summed E-state index contributed by atoms with van der Waals surface area (Å²) in [6, 6.07) is 164. The first kappa shape index (κ1) is 77.9. The SMILES string of the molecule is [C-]#[N+]c1ccc(-c2cc3c4cc5ccc(-c6ccc7c(c6)c6ccccc6n7-c6ccccc6)cc5cc4n4c5cc6cc(-c7ccc8c(c7)c7ccccc7n8-c7ccccc7)ccc6cc5c(c2)c34)cc1.[C-]#[N+]c1ccc(-c2cc3c4cc5ccc(-c6ccc7oc8cc9ccccc9cc8c7c6)cc5cc4n4c5cc6cc(-c7ccc8oc9cc%10ccccc%10cc9c8c7)ccc6cc5c(c2)c34)cc1. The van der Waals surface area contributed by atoms with Crippen LogP contribution in [0.15, 0.2) is 458 Å². The van der Waals surface area contributed by atoms with E-state index in [0.717, 1.165) is 99.8 Å². The van der Waals surface area contributed by atoms with Crippen LogP contribution < -0.4 is 0 Å². The smallest absolute Gasteiger partial charge is 0.187 e. The Morgan fingerprint density at radius 1 is 0.155 bits per heavy atom. The van der Waals surface area contributed by atoms with Crippen LogP contribution in [0.5, 0.6) is 0 Å². The molecule has 8 aromatic heterocycles. The summed E-state index contributed by atoms with van der Waals surface area (Å²) in [5.41, 5.74) is 33.1. The predicted molar refractivity (Wildman–Crippen MR) is 596 cm³/mol. The van der Waals surface area contributed by atoms with Crippen LogP contribution in [0.1, 0.15) is 0 Å². The molecule has 0 aliphatic rings. The van der Waals surface area contributed by atoms with E-state index >= 15 is 0 Å². The maximum atomic E-state index is 7.61. The molecule has 0 saturated heterocycles. The zero-order chi connectivity index (χ0) is 93.0. The molecule has 652 valence electrons. The third kappa shape index (κ3) is 11.7. The van der Waals surface area contributed by atoms with Crippen molar-refractivity contribution in [3.05, 3.63) is 472 Å². The molecule has 0 aliphatic heterocycles. The minimum atomic E-state index is 0.640. The van der Waals surface area contributed by atoms with Crippen LogP contribution in [0.25, 0.3) is 316 Å². The van der Waals surface area contributed by atoms with Crippen LogP contribution in [0.2, 0.25) is 0 Å². The second-order valence-corrected chi connectivity index (χ2v) is 38.4. The highest BCUT2D eigenvalue weighted by atomic mass is 16.3. The minimum absolute atomic E-state index is 0.640. The number of rotatable bonds is 8. The molecular formula is C134H74N6O2. The molecule has 32 aromatic rings. The first-order chi connectivity index (χ1) is 70.2. The Morgan fingerprint density at radius 2 is 0.408 bits per heavy atom. The summed E-state index contributed by atoms with van der Waals surface area (Å²) in [4.78, 5) is 7.36. The lowest BCUT2D eigenvalue weighted by Gasteiger charge is -2.09. The van der Waals surface area contributed by atoms with E-state index in [9.17, 15) is 0 Å². The molecule has 32 rings (SSSR count). The quantitative estimate of drug-likeness (QED) is 0.142. The largest absolute Gasteiger partial charge is 0.456 e. The van der Waals surface area contributed by atoms with Crippen molar-refractivity contribution in [1.82, 2.24) is 17.9 Å². The van der Waals surface area contributed by atoms with Crippen molar-refractivity contribution in [1.29, 1.82) is 0 Å². The van der Waals surface area contributed by atoms with Gasteiger partial charge in [0.15, 0.2) is 11.4 Å². The molecule has 0 saturated carbocycles. The van der Waals surface area contributed by atoms with Crippen molar-refractivity contribution >= 4 is 240 Å². The van der Waals surface area contributed by atoms with Gasteiger partial charge in [0.1, 0.15) is 22.3 Å². The van der Waals surface area contributed by atoms with Crippen molar-refractivity contribution in [3.63, 3.8) is 0 Å². The topological polar surface area (TPSA) is 53.7 Å². The Labute approximate surface area is 810 Å². The Balaban J connectivity index is 0.000000130. The van der Waals surface area contributed by atoms with Gasteiger partial charge in [0.2, 0.25) is 0 Å². The molecule has 24 aromatic carbocycles. The van der Waals surface area contributed by atoms with Gasteiger partial charge < -0.3 is 26.8 Å². The first-order valence-electron chi connectivity index (χ1n) is 48.3. The highest BCUT2D eigenvalue weighted by Crippen LogP contribution is 2.51. The van der Waals surface area contributed by atoms with Crippen molar-refractivity contribution in [2.75, 3.05) is 0 Å². The fraction of sp³-hybridized carbons (Fsp3) is 0. The first-order valence-corrected chi connectivity index (χ1v) is 48.3. The van der Waals surface area contributed by atoms with Crippen LogP contribution in [0, 0.1) is 13.1 Å². The van der Waals surface area contributed by atoms with Gasteiger partial charge >= 0.3 is 0 Å². The summed E-state index contributed by atoms with van der Waals surface area (Å²) in [6.45, 7) is 15.2. The molecule has 0 atom stereocenters. The third-order valence-electron chi connectivity index (χ3n) is 30.7. The average Bonchev–Trinajstić information content (AvgIpc) is 1.53. The Kier molecular flexibility index (Phi) is 16.2. The second-order valence-electron chi connectivity index (χ2n) is 38.4. The fourth-order valence-corrected chi connectivity index (χ4v) is 23.9. The number of hydrogen-bond donors (Lipinski definition) is 0. The molecule has 142 heavy (non-hydrogen) atoms. The van der Waals surface area contributed by atoms with E-state index in [1.807, 2.05) is 24.3 Å². The van der Waals surface area contributed by atoms with E-state index in [-0.39, 0.29) is 0 Å². The second kappa shape index (κ2) is 29.6. The third-order valence-corrected chi connectivity index (χ3v) is 30.7. The number of furan rings is 2. The molecule has 0 bridgehead atoms. The Bertz CT molecular complexity index is 10700. The van der Waals surface area contributed by atoms with Gasteiger partial charge in [-0.1, -0.05) is 243 Å². The lowest BCUT2D eigenvalue weighted by Crippen LogP contribution is -1.92. The van der Waals surface area contributed by atoms with E-state index in [1.165, 1.54) is 207 Å². The summed E-state index contributed by atoms with van der Waals surface area (Å²) in [6.07, 6.45) is 0. The van der Waals surface area contributed by atoms with Crippen molar-refractivity contribution < 1.29 is 8.83 Å². The number of benzene rings is 24. The molecule has 0 radical (unpaired) electrons. The molecule has 0 fully saturated rings. The van der Waals surface area contributed by atoms with Crippen molar-refractivity contribution in [2.24, 2.45) is 0 Å². The van der Waals surface area contributed by atoms with Crippen LogP contribution in [-0.2, 0) is 0 Å². The van der Waals surface area contributed by atoms with Gasteiger partial charge in [-0.05, 0) is 338 Å². The van der Waals surface area contributed by atoms with Crippen LogP contribution >= 0.6 is 0 Å². The molecule has 8 heterocycles. The van der Waals surface area contributed by atoms with Gasteiger partial charge in [-0.2, -0.15) is 0 Å². The predicted octanol–water partition coefficient (Wildman–Crippen LogP) is 37.7. The standard InChI is InChI=1S/C69H40N4.C65H34N2O2/c1-70-52-28-24-42(25-29-52)51-38-61-59-36-47-22-20-43(45-26-30-65-57(34-45)55-16-8-10-18-63(55)71(65)53-12-4-2-5-13-53)32-49(47)40-67(59)73-68-41-50-33-44(21-23-48(50)37-60(68)62(39-51)69(61)73)46-27-31-66-58(35-46)56-17-9-11-19-64(56)72(66)54-14-6-3-7-15-54;1-66-50-18-14-36(15-19-50)49-30-57-51-24-45-12-10-41(43-16-20-61-53(28-43)55-26-37-6-2-4-8-39(37)34-63(55)68-61)22-47(45)32-59(51)67-60-33-48-23-42(11-13-46(48)25-52(60)58(31-49)65(57)67)44-17-21-62-54(29-44)56-27-38-7-3-5-9-40(38)35-64(56)69-62/h2-41H;2-35H. The molecule has 8 nitrogen and oxygen atoms in total. The van der Waals surface area contributed by atoms with E-state index in [4.69, 9.17) is 22.0 Å². The van der Waals surface area contributed by atoms with Gasteiger partial charge in [-0.25, -0.2) is 9.69 Å². The summed E-state index contributed by atoms with van der Waals surface area (Å²) in [5.74, 6) is 0. The van der Waals surface area contributed by atoms with Crippen molar-refractivity contribution in [2.45, 2.75) is 0 Å². The maximum absolute atomic E-state index is 7.61. The Morgan fingerprint density at radius 3 is 0.761 bits per heavy atom. The summed E-state index contributed by atoms with van der Waals surface area (Å²) in [5, 5.41) is 33.6. The van der Waals surface area contributed by atoms with Gasteiger partial charge in [0.25, 0.3) is 0 Å². The number of nitrogens with zero attached hydrogens (tertiary/aromatic N) is 6. The van der Waals surface area contributed by atoms with Crippen LogP contribution in [0.4, 0.5) is 11.4 Å². The average molecular weight is 1800 g/mol. The molecular weight excluding hydrogens is 1730 g/mol. The number of aromatic nitrogens is 4. The molecule has 0 aliphatic carbocycles. The Hall–Kier alpha value is -19.4. The van der Waals surface area contributed by atoms with E-state index < -0.39 is 0 Å². The van der Waals surface area contributed by atoms with Crippen molar-refractivity contribution in [3.8, 4) is 78.1 Å². The highest BCUT2D eigenvalue weighted by molar-refractivity contribution is 6.30. The summed E-state index contributed by atoms with van der Waals surface area (Å²) in [7, 11) is 0. The zero-order valence-electron chi connectivity index (χ0n) is 76.2. The normalized spacial score (nSPS) is 12.2. The van der Waals surface area contributed by atoms with Crippen LogP contribution in [0.3, 0.4) is 0 Å². The molecule has 0 unspecified atom stereocenters. The molecule has 0 amide bonds. The summed E-state index contributed by atoms with van der Waals surface area (Å²) < 4.78 is 22.5. The van der Waals surface area contributed by atoms with Gasteiger partial charge in [-0.3, -0.25) is 0 Å². The van der Waals surface area contributed by atoms with Gasteiger partial charge in [-0.15, -0.1) is 0 Å². The number of hydrogen-bond acceptors (Lipinski definition) is 2. The fourth-order valence-electron chi connectivity index (χ4n) is 23.9. The lowest BCUT2D eigenvalue weighted by atomic mass is 9.96. The summed E-state index contributed by atoms with van der Waals surface area (Å²) >= 11 is 0. The number of fused-ring (bicyclic) bond motifs is 30. The lowest BCUT2D eigenvalue weighted by molar-refractivity contribution is 0.669. The minimum Gasteiger partial charge on any atom is -0.456 e. The van der Waals surface area contributed by atoms with Gasteiger partial charge in [0, 0.05) is 97.6 Å². The number of para-hydroxylation sites is 4. The molecule has 0 N–H and O–H groups in total. The van der Waals surface area contributed by atoms with E-state index in [2.05, 4.69) is 452 Å². The van der Waals surface area contributed by atoms with E-state index in [0.29, 0.717) is 11.4 Å². The monoisotopic (exact) mass is 1800 g/mol. The maximum Gasteiger partial charge on any atom is 0.187 e. The molecule has 0 spiro atoms. The van der Waals surface area contributed by atoms with Crippen LogP contribution in [-0.4, -0.2) is 17.9 Å².